The van der Waals surface area contributed by atoms with Crippen LogP contribution in [0.15, 0.2) is 41.0 Å². The molecule has 1 amide bonds. The molecule has 1 unspecified atom stereocenters. The summed E-state index contributed by atoms with van der Waals surface area (Å²) in [5, 5.41) is 3.34. The van der Waals surface area contributed by atoms with Crippen molar-refractivity contribution in [2.75, 3.05) is 25.4 Å². The largest absolute Gasteiger partial charge is 0.444 e. The maximum atomic E-state index is 12.2. The van der Waals surface area contributed by atoms with Crippen LogP contribution in [0.1, 0.15) is 12.6 Å². The van der Waals surface area contributed by atoms with E-state index in [0.29, 0.717) is 23.4 Å². The first-order valence-corrected chi connectivity index (χ1v) is 8.96. The highest BCUT2D eigenvalue weighted by Gasteiger charge is 2.20. The Morgan fingerprint density at radius 3 is 3.04 bits per heavy atom. The van der Waals surface area contributed by atoms with Crippen molar-refractivity contribution in [1.82, 2.24) is 15.2 Å². The molecule has 0 aliphatic carbocycles. The predicted molar refractivity (Wildman–Crippen MR) is 92.1 cm³/mol. The number of rotatable bonds is 5. The first-order chi connectivity index (χ1) is 11.2. The number of amides is 1. The number of oxazole rings is 1. The third-order valence-electron chi connectivity index (χ3n) is 3.77. The van der Waals surface area contributed by atoms with Crippen molar-refractivity contribution in [2.24, 2.45) is 0 Å². The summed E-state index contributed by atoms with van der Waals surface area (Å²) in [7, 11) is 0. The molecule has 1 saturated heterocycles. The van der Waals surface area contributed by atoms with Gasteiger partial charge in [0, 0.05) is 37.0 Å². The fourth-order valence-electron chi connectivity index (χ4n) is 2.58. The first-order valence-electron chi connectivity index (χ1n) is 7.81. The van der Waals surface area contributed by atoms with Crippen LogP contribution in [0.3, 0.4) is 0 Å². The number of hydrogen-bond acceptors (Lipinski definition) is 5. The zero-order valence-electron chi connectivity index (χ0n) is 13.2. The van der Waals surface area contributed by atoms with E-state index in [1.807, 2.05) is 35.2 Å². The number of benzene rings is 1. The number of aromatic nitrogens is 1. The van der Waals surface area contributed by atoms with E-state index < -0.39 is 0 Å². The highest BCUT2D eigenvalue weighted by molar-refractivity contribution is 7.99. The van der Waals surface area contributed by atoms with Gasteiger partial charge in [-0.3, -0.25) is 4.79 Å². The molecule has 0 bridgehead atoms. The number of piperazine rings is 1. The van der Waals surface area contributed by atoms with E-state index in [4.69, 9.17) is 4.42 Å². The van der Waals surface area contributed by atoms with Crippen LogP contribution in [0.4, 0.5) is 0 Å². The Kier molecular flexibility index (Phi) is 5.35. The lowest BCUT2D eigenvalue weighted by Gasteiger charge is -2.31. The predicted octanol–water partition coefficient (Wildman–Crippen LogP) is 2.40. The standard InChI is InChI=1S/C17H21N3O2S/c1-13-9-20(8-7-18-13)16(21)12-23-11-15-10-22-17(19-15)14-5-3-2-4-6-14/h2-6,10,13,18H,7-9,11-12H2,1H3. The molecule has 1 fully saturated rings. The molecule has 2 heterocycles. The molecule has 1 atom stereocenters. The monoisotopic (exact) mass is 331 g/mol. The molecule has 1 N–H and O–H groups in total. The zero-order chi connectivity index (χ0) is 16.1. The van der Waals surface area contributed by atoms with E-state index in [2.05, 4.69) is 17.2 Å². The minimum atomic E-state index is 0.204. The third kappa shape index (κ3) is 4.36. The molecule has 1 aromatic heterocycles. The average Bonchev–Trinajstić information content (AvgIpc) is 3.04. The van der Waals surface area contributed by atoms with E-state index in [1.165, 1.54) is 0 Å². The molecule has 0 saturated carbocycles. The smallest absolute Gasteiger partial charge is 0.232 e. The van der Waals surface area contributed by atoms with Crippen LogP contribution >= 0.6 is 11.8 Å². The van der Waals surface area contributed by atoms with Crippen LogP contribution in [0, 0.1) is 0 Å². The average molecular weight is 331 g/mol. The second-order valence-corrected chi connectivity index (χ2v) is 6.68. The van der Waals surface area contributed by atoms with Crippen LogP contribution in [0.25, 0.3) is 11.5 Å². The molecule has 1 aliphatic rings. The second kappa shape index (κ2) is 7.66. The SMILES string of the molecule is CC1CN(C(=O)CSCc2coc(-c3ccccc3)n2)CCN1. The van der Waals surface area contributed by atoms with Crippen molar-refractivity contribution < 1.29 is 9.21 Å². The minimum absolute atomic E-state index is 0.204. The van der Waals surface area contributed by atoms with Gasteiger partial charge >= 0.3 is 0 Å². The third-order valence-corrected chi connectivity index (χ3v) is 4.72. The van der Waals surface area contributed by atoms with Crippen LogP contribution in [-0.2, 0) is 10.5 Å². The normalized spacial score (nSPS) is 18.1. The summed E-state index contributed by atoms with van der Waals surface area (Å²) < 4.78 is 5.51. The fourth-order valence-corrected chi connectivity index (χ4v) is 3.38. The second-order valence-electron chi connectivity index (χ2n) is 5.70. The number of nitrogens with one attached hydrogen (secondary N) is 1. The maximum absolute atomic E-state index is 12.2. The number of thioether (sulfide) groups is 1. The van der Waals surface area contributed by atoms with Gasteiger partial charge in [0.25, 0.3) is 0 Å². The molecule has 6 heteroatoms. The Morgan fingerprint density at radius 1 is 1.43 bits per heavy atom. The van der Waals surface area contributed by atoms with Gasteiger partial charge in [-0.25, -0.2) is 4.98 Å². The lowest BCUT2D eigenvalue weighted by molar-refractivity contribution is -0.129. The number of carbonyl (C=O) groups excluding carboxylic acids is 1. The summed E-state index contributed by atoms with van der Waals surface area (Å²) in [6.07, 6.45) is 1.67. The van der Waals surface area contributed by atoms with Crippen molar-refractivity contribution in [3.63, 3.8) is 0 Å². The van der Waals surface area contributed by atoms with Gasteiger partial charge in [-0.2, -0.15) is 0 Å². The molecule has 1 aromatic carbocycles. The van der Waals surface area contributed by atoms with Crippen molar-refractivity contribution in [2.45, 2.75) is 18.7 Å². The van der Waals surface area contributed by atoms with Gasteiger partial charge in [-0.05, 0) is 19.1 Å². The molecule has 1 aliphatic heterocycles. The van der Waals surface area contributed by atoms with Crippen LogP contribution in [0.2, 0.25) is 0 Å². The van der Waals surface area contributed by atoms with Crippen molar-refractivity contribution in [3.05, 3.63) is 42.3 Å². The Labute approximate surface area is 140 Å². The molecule has 2 aromatic rings. The van der Waals surface area contributed by atoms with E-state index >= 15 is 0 Å². The molecular weight excluding hydrogens is 310 g/mol. The lowest BCUT2D eigenvalue weighted by atomic mass is 10.2. The van der Waals surface area contributed by atoms with Crippen molar-refractivity contribution in [1.29, 1.82) is 0 Å². The topological polar surface area (TPSA) is 58.4 Å². The summed E-state index contributed by atoms with van der Waals surface area (Å²) in [5.74, 6) is 2.00. The van der Waals surface area contributed by atoms with Crippen LogP contribution < -0.4 is 5.32 Å². The summed E-state index contributed by atoms with van der Waals surface area (Å²) in [4.78, 5) is 18.6. The highest BCUT2D eigenvalue weighted by atomic mass is 32.2. The van der Waals surface area contributed by atoms with Gasteiger partial charge in [0.1, 0.15) is 6.26 Å². The summed E-state index contributed by atoms with van der Waals surface area (Å²) in [5.41, 5.74) is 1.84. The Hall–Kier alpha value is -1.79. The van der Waals surface area contributed by atoms with Gasteiger partial charge in [0.15, 0.2) is 0 Å². The van der Waals surface area contributed by atoms with E-state index in [1.54, 1.807) is 18.0 Å². The van der Waals surface area contributed by atoms with Gasteiger partial charge < -0.3 is 14.6 Å². The highest BCUT2D eigenvalue weighted by Crippen LogP contribution is 2.20. The number of nitrogens with zero attached hydrogens (tertiary/aromatic N) is 2. The fraction of sp³-hybridized carbons (Fsp3) is 0.412. The summed E-state index contributed by atoms with van der Waals surface area (Å²) in [6.45, 7) is 4.57. The molecule has 5 nitrogen and oxygen atoms in total. The zero-order valence-corrected chi connectivity index (χ0v) is 14.0. The molecule has 0 radical (unpaired) electrons. The molecule has 23 heavy (non-hydrogen) atoms. The maximum Gasteiger partial charge on any atom is 0.232 e. The quantitative estimate of drug-likeness (QED) is 0.912. The van der Waals surface area contributed by atoms with E-state index in [-0.39, 0.29) is 5.91 Å². The van der Waals surface area contributed by atoms with Crippen molar-refractivity contribution >= 4 is 17.7 Å². The summed E-state index contributed by atoms with van der Waals surface area (Å²) in [6, 6.07) is 10.2. The van der Waals surface area contributed by atoms with Gasteiger partial charge in [-0.15, -0.1) is 11.8 Å². The lowest BCUT2D eigenvalue weighted by Crippen LogP contribution is -2.51. The number of carbonyl (C=O) groups is 1. The van der Waals surface area contributed by atoms with Gasteiger partial charge in [-0.1, -0.05) is 18.2 Å². The minimum Gasteiger partial charge on any atom is -0.444 e. The molecule has 3 rings (SSSR count). The van der Waals surface area contributed by atoms with Crippen molar-refractivity contribution in [3.8, 4) is 11.5 Å². The Bertz CT molecular complexity index is 644. The van der Waals surface area contributed by atoms with Crippen LogP contribution in [0.5, 0.6) is 0 Å². The molecular formula is C17H21N3O2S. The molecule has 0 spiro atoms. The van der Waals surface area contributed by atoms with Gasteiger partial charge in [0.2, 0.25) is 11.8 Å². The van der Waals surface area contributed by atoms with E-state index in [0.717, 1.165) is 30.9 Å². The van der Waals surface area contributed by atoms with Gasteiger partial charge in [0.05, 0.1) is 11.4 Å². The molecule has 122 valence electrons. The summed E-state index contributed by atoms with van der Waals surface area (Å²) >= 11 is 1.58. The van der Waals surface area contributed by atoms with E-state index in [9.17, 15) is 4.79 Å². The first kappa shape index (κ1) is 16.1. The Morgan fingerprint density at radius 2 is 2.26 bits per heavy atom. The number of hydrogen-bond donors (Lipinski definition) is 1. The van der Waals surface area contributed by atoms with Crippen LogP contribution in [-0.4, -0.2) is 47.2 Å². The Balaban J connectivity index is 1.47.